The highest BCUT2D eigenvalue weighted by atomic mass is 79.9. The molecule has 2 heterocycles. The maximum atomic E-state index is 12.0. The Bertz CT molecular complexity index is 584. The van der Waals surface area contributed by atoms with Gasteiger partial charge in [-0.2, -0.15) is 0 Å². The van der Waals surface area contributed by atoms with Gasteiger partial charge < -0.3 is 0 Å². The van der Waals surface area contributed by atoms with Gasteiger partial charge in [-0.05, 0) is 18.3 Å². The predicted octanol–water partition coefficient (Wildman–Crippen LogP) is 1.07. The highest BCUT2D eigenvalue weighted by Gasteiger charge is 2.42. The summed E-state index contributed by atoms with van der Waals surface area (Å²) in [6, 6.07) is 0. The van der Waals surface area contributed by atoms with Crippen molar-refractivity contribution < 1.29 is 0 Å². The Kier molecular flexibility index (Phi) is 2.14. The maximum Gasteiger partial charge on any atom is 0.350 e. The van der Waals surface area contributed by atoms with E-state index in [2.05, 4.69) is 26.0 Å². The highest BCUT2D eigenvalue weighted by molar-refractivity contribution is 9.09. The lowest BCUT2D eigenvalue weighted by Crippen LogP contribution is -2.26. The standard InChI is InChI=1S/C10H11BrN4O/c11-6-10(1-2-10)7-15-9(16)14-4-3-12-5-8(14)13-15/h3-5H,1-2,6-7H2. The van der Waals surface area contributed by atoms with Crippen LogP contribution in [0.3, 0.4) is 0 Å². The first-order valence-electron chi connectivity index (χ1n) is 5.19. The van der Waals surface area contributed by atoms with Crippen molar-refractivity contribution in [1.82, 2.24) is 19.2 Å². The molecule has 0 saturated heterocycles. The van der Waals surface area contributed by atoms with E-state index < -0.39 is 0 Å². The number of hydrogen-bond acceptors (Lipinski definition) is 3. The summed E-state index contributed by atoms with van der Waals surface area (Å²) in [6.07, 6.45) is 7.17. The minimum atomic E-state index is -0.0791. The molecule has 84 valence electrons. The van der Waals surface area contributed by atoms with Crippen LogP contribution in [0, 0.1) is 5.41 Å². The van der Waals surface area contributed by atoms with Gasteiger partial charge in [0, 0.05) is 17.7 Å². The molecule has 3 rings (SSSR count). The molecule has 1 aliphatic rings. The summed E-state index contributed by atoms with van der Waals surface area (Å²) in [5.74, 6) is 0. The zero-order chi connectivity index (χ0) is 11.2. The Morgan fingerprint density at radius 1 is 1.50 bits per heavy atom. The first-order valence-corrected chi connectivity index (χ1v) is 6.31. The van der Waals surface area contributed by atoms with Crippen LogP contribution in [0.4, 0.5) is 0 Å². The molecule has 0 amide bonds. The van der Waals surface area contributed by atoms with E-state index in [0.29, 0.717) is 12.2 Å². The second-order valence-corrected chi connectivity index (χ2v) is 4.94. The second-order valence-electron chi connectivity index (χ2n) is 4.38. The molecule has 16 heavy (non-hydrogen) atoms. The number of fused-ring (bicyclic) bond motifs is 1. The minimum absolute atomic E-state index is 0.0791. The number of rotatable bonds is 3. The SMILES string of the molecule is O=c1n(CC2(CBr)CC2)nc2cnccn12. The molecule has 1 fully saturated rings. The van der Waals surface area contributed by atoms with Gasteiger partial charge in [-0.15, -0.1) is 5.10 Å². The van der Waals surface area contributed by atoms with Gasteiger partial charge in [0.25, 0.3) is 0 Å². The fourth-order valence-electron chi connectivity index (χ4n) is 1.81. The smallest absolute Gasteiger partial charge is 0.259 e. The number of aromatic nitrogens is 4. The number of alkyl halides is 1. The van der Waals surface area contributed by atoms with Gasteiger partial charge in [-0.1, -0.05) is 15.9 Å². The van der Waals surface area contributed by atoms with Gasteiger partial charge in [-0.25, -0.2) is 13.9 Å². The molecule has 0 aliphatic heterocycles. The molecule has 0 radical (unpaired) electrons. The van der Waals surface area contributed by atoms with Crippen molar-refractivity contribution in [3.8, 4) is 0 Å². The van der Waals surface area contributed by atoms with Crippen molar-refractivity contribution in [2.75, 3.05) is 5.33 Å². The lowest BCUT2D eigenvalue weighted by Gasteiger charge is -2.08. The van der Waals surface area contributed by atoms with Crippen LogP contribution in [-0.4, -0.2) is 24.5 Å². The van der Waals surface area contributed by atoms with Crippen LogP contribution in [0.15, 0.2) is 23.4 Å². The molecule has 0 aromatic carbocycles. The van der Waals surface area contributed by atoms with Crippen LogP contribution in [-0.2, 0) is 6.54 Å². The molecule has 1 aliphatic carbocycles. The first kappa shape index (κ1) is 10.0. The van der Waals surface area contributed by atoms with Crippen molar-refractivity contribution in [3.63, 3.8) is 0 Å². The number of nitrogens with zero attached hydrogens (tertiary/aromatic N) is 4. The topological polar surface area (TPSA) is 52.2 Å². The molecule has 0 bridgehead atoms. The van der Waals surface area contributed by atoms with E-state index in [1.165, 1.54) is 4.40 Å². The van der Waals surface area contributed by atoms with Crippen LogP contribution in [0.5, 0.6) is 0 Å². The summed E-state index contributed by atoms with van der Waals surface area (Å²) in [7, 11) is 0. The summed E-state index contributed by atoms with van der Waals surface area (Å²) in [4.78, 5) is 15.9. The monoisotopic (exact) mass is 282 g/mol. The molecule has 1 saturated carbocycles. The Morgan fingerprint density at radius 2 is 2.31 bits per heavy atom. The fourth-order valence-corrected chi connectivity index (χ4v) is 2.55. The lowest BCUT2D eigenvalue weighted by atomic mass is 10.1. The van der Waals surface area contributed by atoms with Gasteiger partial charge >= 0.3 is 5.69 Å². The van der Waals surface area contributed by atoms with E-state index in [-0.39, 0.29) is 11.1 Å². The predicted molar refractivity (Wildman–Crippen MR) is 62.7 cm³/mol. The molecule has 0 unspecified atom stereocenters. The first-order chi connectivity index (χ1) is 7.74. The third kappa shape index (κ3) is 1.48. The summed E-state index contributed by atoms with van der Waals surface area (Å²) in [5.41, 5.74) is 0.775. The Morgan fingerprint density at radius 3 is 2.94 bits per heavy atom. The average Bonchev–Trinajstić information content (AvgIpc) is 3.02. The molecule has 5 nitrogen and oxygen atoms in total. The van der Waals surface area contributed by atoms with E-state index in [9.17, 15) is 4.79 Å². The largest absolute Gasteiger partial charge is 0.350 e. The van der Waals surface area contributed by atoms with Gasteiger partial charge in [0.1, 0.15) is 0 Å². The van der Waals surface area contributed by atoms with Crippen molar-refractivity contribution >= 4 is 21.6 Å². The molecular weight excluding hydrogens is 272 g/mol. The quantitative estimate of drug-likeness (QED) is 0.792. The van der Waals surface area contributed by atoms with E-state index in [1.807, 2.05) is 0 Å². The number of hydrogen-bond donors (Lipinski definition) is 0. The van der Waals surface area contributed by atoms with Crippen molar-refractivity contribution in [2.24, 2.45) is 5.41 Å². The molecule has 6 heteroatoms. The van der Waals surface area contributed by atoms with Gasteiger partial charge in [0.2, 0.25) is 0 Å². The molecular formula is C10H11BrN4O. The Balaban J connectivity index is 2.04. The van der Waals surface area contributed by atoms with Crippen molar-refractivity contribution in [1.29, 1.82) is 0 Å². The lowest BCUT2D eigenvalue weighted by molar-refractivity contribution is 0.432. The van der Waals surface area contributed by atoms with Crippen LogP contribution < -0.4 is 5.69 Å². The van der Waals surface area contributed by atoms with Crippen molar-refractivity contribution in [2.45, 2.75) is 19.4 Å². The van der Waals surface area contributed by atoms with Crippen LogP contribution >= 0.6 is 15.9 Å². The summed E-state index contributed by atoms with van der Waals surface area (Å²) in [5, 5.41) is 5.20. The van der Waals surface area contributed by atoms with E-state index in [0.717, 1.165) is 18.2 Å². The molecule has 0 N–H and O–H groups in total. The van der Waals surface area contributed by atoms with Crippen LogP contribution in [0.2, 0.25) is 0 Å². The normalized spacial score (nSPS) is 17.8. The maximum absolute atomic E-state index is 12.0. The third-order valence-corrected chi connectivity index (χ3v) is 4.30. The molecule has 2 aromatic rings. The van der Waals surface area contributed by atoms with Gasteiger partial charge in [-0.3, -0.25) is 4.98 Å². The molecule has 2 aromatic heterocycles. The average molecular weight is 283 g/mol. The van der Waals surface area contributed by atoms with Crippen LogP contribution in [0.25, 0.3) is 5.65 Å². The zero-order valence-electron chi connectivity index (χ0n) is 8.64. The third-order valence-electron chi connectivity index (χ3n) is 3.11. The van der Waals surface area contributed by atoms with Crippen LogP contribution in [0.1, 0.15) is 12.8 Å². The summed E-state index contributed by atoms with van der Waals surface area (Å²) in [6.45, 7) is 0.693. The number of halogens is 1. The molecule has 0 spiro atoms. The highest BCUT2D eigenvalue weighted by Crippen LogP contribution is 2.48. The van der Waals surface area contributed by atoms with Gasteiger partial charge in [0.15, 0.2) is 5.65 Å². The summed E-state index contributed by atoms with van der Waals surface area (Å²) >= 11 is 3.50. The van der Waals surface area contributed by atoms with E-state index in [4.69, 9.17) is 0 Å². The Hall–Kier alpha value is -1.17. The van der Waals surface area contributed by atoms with Crippen molar-refractivity contribution in [3.05, 3.63) is 29.1 Å². The Labute approximate surface area is 100 Å². The fraction of sp³-hybridized carbons (Fsp3) is 0.500. The molecule has 0 atom stereocenters. The van der Waals surface area contributed by atoms with E-state index >= 15 is 0 Å². The second kappa shape index (κ2) is 3.41. The van der Waals surface area contributed by atoms with E-state index in [1.54, 1.807) is 23.3 Å². The summed E-state index contributed by atoms with van der Waals surface area (Å²) < 4.78 is 3.07. The minimum Gasteiger partial charge on any atom is -0.259 e. The van der Waals surface area contributed by atoms with Gasteiger partial charge in [0.05, 0.1) is 12.7 Å². The zero-order valence-corrected chi connectivity index (χ0v) is 10.2.